The fourth-order valence-corrected chi connectivity index (χ4v) is 2.43. The number of anilines is 1. The monoisotopic (exact) mass is 291 g/mol. The molecule has 6 heteroatoms. The van der Waals surface area contributed by atoms with Crippen molar-refractivity contribution in [3.63, 3.8) is 0 Å². The Morgan fingerprint density at radius 1 is 1.25 bits per heavy atom. The second-order valence-electron chi connectivity index (χ2n) is 4.46. The number of amides is 1. The Hall–Kier alpha value is -2.27. The Bertz CT molecular complexity index is 707. The molecule has 0 saturated carbocycles. The molecule has 1 aliphatic heterocycles. The molecular formula is C14H10ClNO4. The van der Waals surface area contributed by atoms with Crippen LogP contribution >= 0.6 is 11.6 Å². The summed E-state index contributed by atoms with van der Waals surface area (Å²) in [5.74, 6) is -1.20. The van der Waals surface area contributed by atoms with Crippen LogP contribution in [0.1, 0.15) is 26.5 Å². The van der Waals surface area contributed by atoms with Gasteiger partial charge in [-0.2, -0.15) is 0 Å². The maximum Gasteiger partial charge on any atom is 0.335 e. The Kier molecular flexibility index (Phi) is 2.99. The van der Waals surface area contributed by atoms with Gasteiger partial charge in [0.15, 0.2) is 11.0 Å². The number of halogens is 1. The third kappa shape index (κ3) is 2.06. The van der Waals surface area contributed by atoms with Crippen LogP contribution in [0.25, 0.3) is 0 Å². The number of hydrogen-bond acceptors (Lipinski definition) is 3. The number of benzene rings is 1. The van der Waals surface area contributed by atoms with E-state index in [2.05, 4.69) is 0 Å². The highest BCUT2D eigenvalue weighted by Gasteiger charge is 2.28. The number of carbonyl (C=O) groups excluding carboxylic acids is 1. The van der Waals surface area contributed by atoms with Gasteiger partial charge >= 0.3 is 5.97 Å². The maximum absolute atomic E-state index is 12.3. The van der Waals surface area contributed by atoms with Gasteiger partial charge in [-0.3, -0.25) is 4.79 Å². The fourth-order valence-electron chi connectivity index (χ4n) is 2.29. The first kappa shape index (κ1) is 12.7. The first-order valence-corrected chi connectivity index (χ1v) is 6.37. The number of fused-ring (bicyclic) bond motifs is 1. The van der Waals surface area contributed by atoms with Crippen molar-refractivity contribution in [1.29, 1.82) is 0 Å². The van der Waals surface area contributed by atoms with Gasteiger partial charge in [-0.25, -0.2) is 4.79 Å². The van der Waals surface area contributed by atoms with Crippen molar-refractivity contribution in [2.75, 3.05) is 11.4 Å². The zero-order chi connectivity index (χ0) is 14.3. The molecule has 0 bridgehead atoms. The van der Waals surface area contributed by atoms with E-state index in [0.717, 1.165) is 5.56 Å². The van der Waals surface area contributed by atoms with E-state index in [1.807, 2.05) is 0 Å². The molecule has 2 aromatic rings. The van der Waals surface area contributed by atoms with Gasteiger partial charge in [-0.1, -0.05) is 6.07 Å². The van der Waals surface area contributed by atoms with Crippen LogP contribution in [0.15, 0.2) is 34.7 Å². The lowest BCUT2D eigenvalue weighted by Crippen LogP contribution is -2.28. The quantitative estimate of drug-likeness (QED) is 0.923. The van der Waals surface area contributed by atoms with Gasteiger partial charge in [0.25, 0.3) is 5.91 Å². The zero-order valence-electron chi connectivity index (χ0n) is 10.3. The first-order chi connectivity index (χ1) is 9.56. The van der Waals surface area contributed by atoms with Crippen molar-refractivity contribution in [1.82, 2.24) is 0 Å². The van der Waals surface area contributed by atoms with Crippen LogP contribution in [0.2, 0.25) is 5.22 Å². The summed E-state index contributed by atoms with van der Waals surface area (Å²) in [5, 5.41) is 9.17. The lowest BCUT2D eigenvalue weighted by Gasteiger charge is -2.16. The van der Waals surface area contributed by atoms with Crippen molar-refractivity contribution in [2.45, 2.75) is 6.42 Å². The average molecular weight is 292 g/mol. The van der Waals surface area contributed by atoms with Gasteiger partial charge in [0, 0.05) is 12.2 Å². The molecule has 0 saturated heterocycles. The Morgan fingerprint density at radius 2 is 2.05 bits per heavy atom. The van der Waals surface area contributed by atoms with Crippen molar-refractivity contribution >= 4 is 29.2 Å². The number of furan rings is 1. The van der Waals surface area contributed by atoms with Crippen molar-refractivity contribution in [3.05, 3.63) is 52.4 Å². The summed E-state index contributed by atoms with van der Waals surface area (Å²) >= 11 is 5.66. The number of carboxylic acids is 1. The maximum atomic E-state index is 12.3. The van der Waals surface area contributed by atoms with E-state index >= 15 is 0 Å². The van der Waals surface area contributed by atoms with Gasteiger partial charge < -0.3 is 14.4 Å². The van der Waals surface area contributed by atoms with Gasteiger partial charge in [-0.15, -0.1) is 0 Å². The molecule has 1 aliphatic rings. The van der Waals surface area contributed by atoms with E-state index in [1.54, 1.807) is 12.1 Å². The summed E-state index contributed by atoms with van der Waals surface area (Å²) in [6.45, 7) is 0.496. The molecule has 0 fully saturated rings. The average Bonchev–Trinajstić information content (AvgIpc) is 3.03. The Labute approximate surface area is 119 Å². The number of aromatic carboxylic acids is 1. The minimum Gasteiger partial charge on any atom is -0.478 e. The normalized spacial score (nSPS) is 13.3. The summed E-state index contributed by atoms with van der Waals surface area (Å²) in [6, 6.07) is 7.79. The molecule has 0 spiro atoms. The van der Waals surface area contributed by atoms with Crippen molar-refractivity contribution < 1.29 is 19.1 Å². The Morgan fingerprint density at radius 3 is 2.70 bits per heavy atom. The minimum absolute atomic E-state index is 0.142. The number of carbonyl (C=O) groups is 2. The molecule has 0 atom stereocenters. The standard InChI is InChI=1S/C14H10ClNO4/c15-12-4-3-11(20-12)13(17)16-6-5-8-1-2-9(14(18)19)7-10(8)16/h1-4,7H,5-6H2,(H,18,19). The zero-order valence-corrected chi connectivity index (χ0v) is 11.1. The van der Waals surface area contributed by atoms with E-state index in [4.69, 9.17) is 21.1 Å². The number of hydrogen-bond donors (Lipinski definition) is 1. The molecule has 1 aromatic carbocycles. The predicted molar refractivity (Wildman–Crippen MR) is 72.5 cm³/mol. The van der Waals surface area contributed by atoms with E-state index in [0.29, 0.717) is 18.7 Å². The summed E-state index contributed by atoms with van der Waals surface area (Å²) in [4.78, 5) is 24.9. The lowest BCUT2D eigenvalue weighted by molar-refractivity contribution is 0.0696. The summed E-state index contributed by atoms with van der Waals surface area (Å²) in [6.07, 6.45) is 0.690. The van der Waals surface area contributed by atoms with E-state index in [9.17, 15) is 9.59 Å². The van der Waals surface area contributed by atoms with Gasteiger partial charge in [0.2, 0.25) is 0 Å². The molecule has 1 N–H and O–H groups in total. The van der Waals surface area contributed by atoms with Crippen LogP contribution in [0, 0.1) is 0 Å². The molecule has 2 heterocycles. The number of rotatable bonds is 2. The first-order valence-electron chi connectivity index (χ1n) is 5.99. The van der Waals surface area contributed by atoms with Crippen LogP contribution in [0.5, 0.6) is 0 Å². The van der Waals surface area contributed by atoms with E-state index in [1.165, 1.54) is 23.1 Å². The summed E-state index contributed by atoms with van der Waals surface area (Å²) < 4.78 is 5.11. The third-order valence-corrected chi connectivity index (χ3v) is 3.46. The third-order valence-electron chi connectivity index (χ3n) is 3.26. The van der Waals surface area contributed by atoms with Crippen molar-refractivity contribution in [2.24, 2.45) is 0 Å². The van der Waals surface area contributed by atoms with Gasteiger partial charge in [0.05, 0.1) is 5.56 Å². The molecule has 1 amide bonds. The highest BCUT2D eigenvalue weighted by molar-refractivity contribution is 6.29. The predicted octanol–water partition coefficient (Wildman–Crippen LogP) is 2.83. The summed E-state index contributed by atoms with van der Waals surface area (Å²) in [7, 11) is 0. The second kappa shape index (κ2) is 4.68. The molecule has 0 radical (unpaired) electrons. The van der Waals surface area contributed by atoms with Crippen LogP contribution < -0.4 is 4.90 Å². The lowest BCUT2D eigenvalue weighted by atomic mass is 10.1. The molecule has 0 aliphatic carbocycles. The molecule has 3 rings (SSSR count). The molecular weight excluding hydrogens is 282 g/mol. The highest BCUT2D eigenvalue weighted by Crippen LogP contribution is 2.31. The highest BCUT2D eigenvalue weighted by atomic mass is 35.5. The van der Waals surface area contributed by atoms with Crippen LogP contribution in [-0.4, -0.2) is 23.5 Å². The SMILES string of the molecule is O=C(O)c1ccc2c(c1)N(C(=O)c1ccc(Cl)o1)CC2. The van der Waals surface area contributed by atoms with E-state index < -0.39 is 5.97 Å². The molecule has 0 unspecified atom stereocenters. The second-order valence-corrected chi connectivity index (χ2v) is 4.83. The molecule has 20 heavy (non-hydrogen) atoms. The number of nitrogens with zero attached hydrogens (tertiary/aromatic N) is 1. The van der Waals surface area contributed by atoms with E-state index in [-0.39, 0.29) is 22.5 Å². The minimum atomic E-state index is -1.02. The van der Waals surface area contributed by atoms with Gasteiger partial charge in [0.1, 0.15) is 0 Å². The molecule has 1 aromatic heterocycles. The van der Waals surface area contributed by atoms with Crippen LogP contribution in [0.3, 0.4) is 0 Å². The molecule has 102 valence electrons. The molecule has 5 nitrogen and oxygen atoms in total. The topological polar surface area (TPSA) is 70.8 Å². The fraction of sp³-hybridized carbons (Fsp3) is 0.143. The van der Waals surface area contributed by atoms with Crippen molar-refractivity contribution in [3.8, 4) is 0 Å². The van der Waals surface area contributed by atoms with Gasteiger partial charge in [-0.05, 0) is 47.9 Å². The number of carboxylic acid groups (broad SMARTS) is 1. The summed E-state index contributed by atoms with van der Waals surface area (Å²) in [5.41, 5.74) is 1.71. The van der Waals surface area contributed by atoms with Crippen LogP contribution in [0.4, 0.5) is 5.69 Å². The Balaban J connectivity index is 1.97. The largest absolute Gasteiger partial charge is 0.478 e. The smallest absolute Gasteiger partial charge is 0.335 e. The van der Waals surface area contributed by atoms with Crippen LogP contribution in [-0.2, 0) is 6.42 Å².